The van der Waals surface area contributed by atoms with Crippen LogP contribution in [-0.4, -0.2) is 27.8 Å². The van der Waals surface area contributed by atoms with Gasteiger partial charge >= 0.3 is 6.01 Å². The van der Waals surface area contributed by atoms with Gasteiger partial charge in [-0.2, -0.15) is 10.2 Å². The molecule has 27 heavy (non-hydrogen) atoms. The summed E-state index contributed by atoms with van der Waals surface area (Å²) in [6.07, 6.45) is 7.99. The Bertz CT molecular complexity index is 964. The van der Waals surface area contributed by atoms with Crippen LogP contribution in [0.4, 0.5) is 5.69 Å². The van der Waals surface area contributed by atoms with E-state index in [2.05, 4.69) is 26.0 Å². The second-order valence-electron chi connectivity index (χ2n) is 5.78. The molecule has 0 N–H and O–H groups in total. The van der Waals surface area contributed by atoms with Crippen molar-refractivity contribution >= 4 is 11.9 Å². The van der Waals surface area contributed by atoms with E-state index in [1.54, 1.807) is 18.6 Å². The Labute approximate surface area is 158 Å². The van der Waals surface area contributed by atoms with Crippen molar-refractivity contribution in [3.05, 3.63) is 77.4 Å². The highest BCUT2D eigenvalue weighted by Crippen LogP contribution is 2.23. The quantitative estimate of drug-likeness (QED) is 0.602. The molecule has 0 unspecified atom stereocenters. The fourth-order valence-electron chi connectivity index (χ4n) is 2.61. The van der Waals surface area contributed by atoms with Gasteiger partial charge in [0.1, 0.15) is 6.07 Å². The summed E-state index contributed by atoms with van der Waals surface area (Å²) in [5, 5.41) is 9.38. The van der Waals surface area contributed by atoms with Crippen molar-refractivity contribution in [1.82, 2.24) is 15.0 Å². The van der Waals surface area contributed by atoms with E-state index in [0.717, 1.165) is 16.8 Å². The normalized spacial score (nSPS) is 10.7. The number of aromatic nitrogens is 3. The molecule has 6 nitrogen and oxygen atoms in total. The minimum Gasteiger partial charge on any atom is -0.463 e. The maximum Gasteiger partial charge on any atom is 0.316 e. The summed E-state index contributed by atoms with van der Waals surface area (Å²) in [6.45, 7) is 2.31. The van der Waals surface area contributed by atoms with Gasteiger partial charge in [-0.25, -0.2) is 4.98 Å². The second kappa shape index (κ2) is 9.20. The number of hydrogen-bond donors (Lipinski definition) is 0. The van der Waals surface area contributed by atoms with Crippen molar-refractivity contribution in [2.24, 2.45) is 4.99 Å². The molecule has 2 heterocycles. The minimum absolute atomic E-state index is 0.268. The molecule has 0 amide bonds. The van der Waals surface area contributed by atoms with Gasteiger partial charge in [-0.15, -0.1) is 0 Å². The molecule has 134 valence electrons. The van der Waals surface area contributed by atoms with Crippen molar-refractivity contribution in [2.75, 3.05) is 6.61 Å². The Balaban J connectivity index is 1.75. The molecule has 0 atom stereocenters. The molecule has 0 saturated heterocycles. The first-order valence-electron chi connectivity index (χ1n) is 8.64. The summed E-state index contributed by atoms with van der Waals surface area (Å²) >= 11 is 0. The molecule has 0 saturated carbocycles. The molecule has 3 aromatic rings. The Morgan fingerprint density at radius 3 is 2.85 bits per heavy atom. The van der Waals surface area contributed by atoms with Gasteiger partial charge in [-0.3, -0.25) is 9.98 Å². The number of nitriles is 1. The standard InChI is InChI=1S/C21H19N5O/c1-2-24-19-8-4-3-7-17(19)12-20-18(13-22)15-25-21(26-20)27-11-9-16-6-5-10-23-14-16/h2-8,10,14-15H,9,11-12H2,1H3/b24-2-. The number of pyridine rings is 1. The molecule has 0 aliphatic rings. The molecular weight excluding hydrogens is 338 g/mol. The van der Waals surface area contributed by atoms with E-state index >= 15 is 0 Å². The van der Waals surface area contributed by atoms with Gasteiger partial charge in [0.2, 0.25) is 0 Å². The predicted molar refractivity (Wildman–Crippen MR) is 103 cm³/mol. The van der Waals surface area contributed by atoms with Crippen LogP contribution in [0, 0.1) is 11.3 Å². The first kappa shape index (κ1) is 18.2. The molecule has 1 aromatic carbocycles. The highest BCUT2D eigenvalue weighted by Gasteiger charge is 2.11. The van der Waals surface area contributed by atoms with Crippen LogP contribution < -0.4 is 4.74 Å². The molecule has 0 aliphatic heterocycles. The van der Waals surface area contributed by atoms with E-state index in [-0.39, 0.29) is 6.01 Å². The minimum atomic E-state index is 0.268. The monoisotopic (exact) mass is 357 g/mol. The third-order valence-corrected chi connectivity index (χ3v) is 3.93. The molecule has 2 aromatic heterocycles. The predicted octanol–water partition coefficient (Wildman–Crippen LogP) is 3.68. The maximum atomic E-state index is 9.38. The largest absolute Gasteiger partial charge is 0.463 e. The van der Waals surface area contributed by atoms with Gasteiger partial charge in [0.05, 0.1) is 29.7 Å². The number of hydrogen-bond acceptors (Lipinski definition) is 6. The van der Waals surface area contributed by atoms with Crippen molar-refractivity contribution in [1.29, 1.82) is 5.26 Å². The SMILES string of the molecule is C/C=N\c1ccccc1Cc1nc(OCCc2cccnc2)ncc1C#N. The van der Waals surface area contributed by atoms with Gasteiger partial charge in [0.25, 0.3) is 0 Å². The average molecular weight is 357 g/mol. The van der Waals surface area contributed by atoms with Gasteiger partial charge in [0.15, 0.2) is 0 Å². The molecule has 0 spiro atoms. The third-order valence-electron chi connectivity index (χ3n) is 3.93. The lowest BCUT2D eigenvalue weighted by molar-refractivity contribution is 0.295. The zero-order chi connectivity index (χ0) is 18.9. The first-order valence-corrected chi connectivity index (χ1v) is 8.64. The molecule has 0 radical (unpaired) electrons. The maximum absolute atomic E-state index is 9.38. The fraction of sp³-hybridized carbons (Fsp3) is 0.190. The zero-order valence-corrected chi connectivity index (χ0v) is 15.0. The number of aliphatic imine (C=N–C) groups is 1. The van der Waals surface area contributed by atoms with Crippen LogP contribution in [0.15, 0.2) is 60.0 Å². The molecule has 3 rings (SSSR count). The molecule has 6 heteroatoms. The molecule has 0 bridgehead atoms. The van der Waals surface area contributed by atoms with Crippen LogP contribution in [0.5, 0.6) is 6.01 Å². The molecular formula is C21H19N5O. The number of para-hydroxylation sites is 1. The Morgan fingerprint density at radius 1 is 1.19 bits per heavy atom. The van der Waals surface area contributed by atoms with Gasteiger partial charge in [0, 0.05) is 31.4 Å². The topological polar surface area (TPSA) is 84.1 Å². The fourth-order valence-corrected chi connectivity index (χ4v) is 2.61. The van der Waals surface area contributed by atoms with Crippen molar-refractivity contribution in [3.63, 3.8) is 0 Å². The van der Waals surface area contributed by atoms with Crippen LogP contribution in [0.2, 0.25) is 0 Å². The number of rotatable bonds is 7. The van der Waals surface area contributed by atoms with Crippen LogP contribution in [-0.2, 0) is 12.8 Å². The lowest BCUT2D eigenvalue weighted by Crippen LogP contribution is -2.07. The molecule has 0 fully saturated rings. The lowest BCUT2D eigenvalue weighted by Gasteiger charge is -2.09. The van der Waals surface area contributed by atoms with Crippen LogP contribution >= 0.6 is 0 Å². The van der Waals surface area contributed by atoms with E-state index in [9.17, 15) is 5.26 Å². The summed E-state index contributed by atoms with van der Waals surface area (Å²) in [6, 6.07) is 14.1. The van der Waals surface area contributed by atoms with Gasteiger partial charge in [-0.05, 0) is 30.2 Å². The van der Waals surface area contributed by atoms with Crippen LogP contribution in [0.1, 0.15) is 29.3 Å². The van der Waals surface area contributed by atoms with Crippen molar-refractivity contribution in [2.45, 2.75) is 19.8 Å². The first-order chi connectivity index (χ1) is 13.3. The van der Waals surface area contributed by atoms with E-state index < -0.39 is 0 Å². The van der Waals surface area contributed by atoms with Crippen molar-refractivity contribution < 1.29 is 4.74 Å². The summed E-state index contributed by atoms with van der Waals surface area (Å²) in [4.78, 5) is 17.0. The Kier molecular flexibility index (Phi) is 6.21. The van der Waals surface area contributed by atoms with Gasteiger partial charge in [-0.1, -0.05) is 24.3 Å². The van der Waals surface area contributed by atoms with Gasteiger partial charge < -0.3 is 4.74 Å². The van der Waals surface area contributed by atoms with E-state index in [1.165, 1.54) is 6.20 Å². The summed E-state index contributed by atoms with van der Waals surface area (Å²) in [7, 11) is 0. The smallest absolute Gasteiger partial charge is 0.316 e. The summed E-state index contributed by atoms with van der Waals surface area (Å²) in [5.74, 6) is 0. The van der Waals surface area contributed by atoms with E-state index in [1.807, 2.05) is 43.3 Å². The van der Waals surface area contributed by atoms with Crippen LogP contribution in [0.3, 0.4) is 0 Å². The highest BCUT2D eigenvalue weighted by atomic mass is 16.5. The molecule has 0 aliphatic carbocycles. The van der Waals surface area contributed by atoms with E-state index in [4.69, 9.17) is 4.74 Å². The average Bonchev–Trinajstić information content (AvgIpc) is 2.71. The van der Waals surface area contributed by atoms with Crippen molar-refractivity contribution in [3.8, 4) is 12.1 Å². The zero-order valence-electron chi connectivity index (χ0n) is 15.0. The lowest BCUT2D eigenvalue weighted by atomic mass is 10.0. The van der Waals surface area contributed by atoms with Crippen LogP contribution in [0.25, 0.3) is 0 Å². The highest BCUT2D eigenvalue weighted by molar-refractivity contribution is 5.62. The van der Waals surface area contributed by atoms with E-state index in [0.29, 0.717) is 30.7 Å². The summed E-state index contributed by atoms with van der Waals surface area (Å²) < 4.78 is 5.68. The number of ether oxygens (including phenoxy) is 1. The third kappa shape index (κ3) is 4.95. The second-order valence-corrected chi connectivity index (χ2v) is 5.78. The number of nitrogens with zero attached hydrogens (tertiary/aromatic N) is 5. The number of benzene rings is 1. The Hall–Kier alpha value is -3.59. The Morgan fingerprint density at radius 2 is 2.07 bits per heavy atom. The summed E-state index contributed by atoms with van der Waals surface area (Å²) in [5.41, 5.74) is 4.00.